The highest BCUT2D eigenvalue weighted by molar-refractivity contribution is 5.41. The van der Waals surface area contributed by atoms with Crippen LogP contribution in [0.25, 0.3) is 0 Å². The molecule has 0 fully saturated rings. The van der Waals surface area contributed by atoms with Crippen LogP contribution in [0.4, 0.5) is 0 Å². The van der Waals surface area contributed by atoms with E-state index >= 15 is 0 Å². The monoisotopic (exact) mass is 235 g/mol. The molecule has 1 unspecified atom stereocenters. The molecule has 1 aliphatic rings. The minimum absolute atomic E-state index is 0.0241. The van der Waals surface area contributed by atoms with E-state index in [1.165, 1.54) is 30.4 Å². The van der Waals surface area contributed by atoms with Gasteiger partial charge in [0.25, 0.3) is 0 Å². The number of hydrogen-bond acceptors (Lipinski definition) is 3. The van der Waals surface area contributed by atoms with Crippen molar-refractivity contribution in [1.29, 1.82) is 0 Å². The van der Waals surface area contributed by atoms with E-state index in [0.717, 1.165) is 12.2 Å². The number of aryl methyl sites for hydroxylation is 1. The number of benzene rings is 1. The van der Waals surface area contributed by atoms with Crippen molar-refractivity contribution in [3.63, 3.8) is 0 Å². The van der Waals surface area contributed by atoms with Crippen molar-refractivity contribution in [2.75, 3.05) is 13.2 Å². The summed E-state index contributed by atoms with van der Waals surface area (Å²) in [7, 11) is 0. The Morgan fingerprint density at radius 1 is 1.29 bits per heavy atom. The zero-order valence-corrected chi connectivity index (χ0v) is 10.2. The molecule has 0 saturated heterocycles. The molecule has 3 heteroatoms. The van der Waals surface area contributed by atoms with Crippen LogP contribution in [-0.4, -0.2) is 24.4 Å². The summed E-state index contributed by atoms with van der Waals surface area (Å²) in [6.07, 6.45) is 5.52. The van der Waals surface area contributed by atoms with E-state index in [9.17, 15) is 0 Å². The first kappa shape index (κ1) is 12.4. The van der Waals surface area contributed by atoms with Crippen LogP contribution in [0.2, 0.25) is 0 Å². The smallest absolute Gasteiger partial charge is 0.122 e. The molecule has 1 aliphatic carbocycles. The quantitative estimate of drug-likeness (QED) is 0.816. The molecule has 0 aromatic heterocycles. The third kappa shape index (κ3) is 3.20. The Hall–Kier alpha value is -1.06. The number of fused-ring (bicyclic) bond motifs is 1. The lowest BCUT2D eigenvalue weighted by molar-refractivity contribution is 0.229. The molecule has 1 aromatic carbocycles. The van der Waals surface area contributed by atoms with Gasteiger partial charge in [-0.25, -0.2) is 0 Å². The molecule has 0 spiro atoms. The zero-order valence-electron chi connectivity index (χ0n) is 10.2. The maximum absolute atomic E-state index is 8.84. The maximum atomic E-state index is 8.84. The van der Waals surface area contributed by atoms with Gasteiger partial charge >= 0.3 is 0 Å². The lowest BCUT2D eigenvalue weighted by Gasteiger charge is -2.19. The molecule has 0 amide bonds. The van der Waals surface area contributed by atoms with Crippen molar-refractivity contribution in [1.82, 2.24) is 0 Å². The fourth-order valence-corrected chi connectivity index (χ4v) is 2.29. The third-order valence-electron chi connectivity index (χ3n) is 3.33. The second-order valence-electron chi connectivity index (χ2n) is 4.68. The van der Waals surface area contributed by atoms with Crippen molar-refractivity contribution in [2.45, 2.75) is 38.1 Å². The molecule has 17 heavy (non-hydrogen) atoms. The van der Waals surface area contributed by atoms with Crippen molar-refractivity contribution in [3.8, 4) is 5.75 Å². The Kier molecular flexibility index (Phi) is 4.40. The molecule has 2 rings (SSSR count). The van der Waals surface area contributed by atoms with Gasteiger partial charge in [-0.2, -0.15) is 0 Å². The van der Waals surface area contributed by atoms with Gasteiger partial charge in [-0.1, -0.05) is 12.1 Å². The molecule has 0 aliphatic heterocycles. The van der Waals surface area contributed by atoms with Gasteiger partial charge in [0.1, 0.15) is 5.75 Å². The fraction of sp³-hybridized carbons (Fsp3) is 0.571. The molecule has 3 nitrogen and oxygen atoms in total. The molecule has 3 N–H and O–H groups in total. The Bertz CT molecular complexity index is 365. The van der Waals surface area contributed by atoms with E-state index in [0.29, 0.717) is 13.0 Å². The van der Waals surface area contributed by atoms with Gasteiger partial charge in [0.2, 0.25) is 0 Å². The van der Waals surface area contributed by atoms with Gasteiger partial charge in [-0.05, 0) is 49.3 Å². The van der Waals surface area contributed by atoms with Crippen LogP contribution in [0.1, 0.15) is 30.4 Å². The average Bonchev–Trinajstić information content (AvgIpc) is 2.39. The molecule has 94 valence electrons. The zero-order chi connectivity index (χ0) is 12.1. The largest absolute Gasteiger partial charge is 0.493 e. The Morgan fingerprint density at radius 3 is 2.94 bits per heavy atom. The van der Waals surface area contributed by atoms with Crippen molar-refractivity contribution in [2.24, 2.45) is 5.73 Å². The van der Waals surface area contributed by atoms with E-state index in [4.69, 9.17) is 15.6 Å². The standard InChI is InChI=1S/C14H21NO2/c15-12(10-16)8-9-17-14-7-3-5-11-4-1-2-6-13(11)14/h3,5,7,12,16H,1-2,4,6,8-10,15H2. The first-order chi connectivity index (χ1) is 8.31. The molecular weight excluding hydrogens is 214 g/mol. The first-order valence-electron chi connectivity index (χ1n) is 6.41. The predicted octanol–water partition coefficient (Wildman–Crippen LogP) is 1.65. The molecular formula is C14H21NO2. The van der Waals surface area contributed by atoms with Crippen LogP contribution in [0.3, 0.4) is 0 Å². The fourth-order valence-electron chi connectivity index (χ4n) is 2.29. The second-order valence-corrected chi connectivity index (χ2v) is 4.68. The van der Waals surface area contributed by atoms with Gasteiger partial charge in [0.15, 0.2) is 0 Å². The third-order valence-corrected chi connectivity index (χ3v) is 3.33. The summed E-state index contributed by atoms with van der Waals surface area (Å²) < 4.78 is 5.79. The van der Waals surface area contributed by atoms with E-state index in [1.54, 1.807) is 0 Å². The van der Waals surface area contributed by atoms with Gasteiger partial charge in [-0.3, -0.25) is 0 Å². The van der Waals surface area contributed by atoms with E-state index in [1.807, 2.05) is 6.07 Å². The molecule has 0 saturated carbocycles. The Labute approximate surface area is 103 Å². The maximum Gasteiger partial charge on any atom is 0.122 e. The van der Waals surface area contributed by atoms with E-state index in [2.05, 4.69) is 12.1 Å². The predicted molar refractivity (Wildman–Crippen MR) is 68.3 cm³/mol. The molecule has 0 bridgehead atoms. The van der Waals surface area contributed by atoms with Crippen LogP contribution < -0.4 is 10.5 Å². The topological polar surface area (TPSA) is 55.5 Å². The van der Waals surface area contributed by atoms with Gasteiger partial charge in [0.05, 0.1) is 13.2 Å². The second kappa shape index (κ2) is 6.03. The molecule has 0 radical (unpaired) electrons. The van der Waals surface area contributed by atoms with Crippen LogP contribution in [0, 0.1) is 0 Å². The summed E-state index contributed by atoms with van der Waals surface area (Å²) >= 11 is 0. The highest BCUT2D eigenvalue weighted by Gasteiger charge is 2.13. The van der Waals surface area contributed by atoms with Crippen LogP contribution in [0.15, 0.2) is 18.2 Å². The first-order valence-corrected chi connectivity index (χ1v) is 6.41. The van der Waals surface area contributed by atoms with Crippen LogP contribution >= 0.6 is 0 Å². The summed E-state index contributed by atoms with van der Waals surface area (Å²) in [6, 6.07) is 6.12. The minimum atomic E-state index is -0.172. The number of aliphatic hydroxyl groups is 1. The van der Waals surface area contributed by atoms with Crippen molar-refractivity contribution >= 4 is 0 Å². The number of aliphatic hydroxyl groups excluding tert-OH is 1. The summed E-state index contributed by atoms with van der Waals surface area (Å²) in [6.45, 7) is 0.606. The van der Waals surface area contributed by atoms with E-state index in [-0.39, 0.29) is 12.6 Å². The number of hydrogen-bond donors (Lipinski definition) is 2. The average molecular weight is 235 g/mol. The van der Waals surface area contributed by atoms with Gasteiger partial charge in [0, 0.05) is 6.04 Å². The highest BCUT2D eigenvalue weighted by atomic mass is 16.5. The lowest BCUT2D eigenvalue weighted by atomic mass is 9.91. The number of rotatable bonds is 5. The van der Waals surface area contributed by atoms with E-state index < -0.39 is 0 Å². The number of ether oxygens (including phenoxy) is 1. The summed E-state index contributed by atoms with van der Waals surface area (Å²) in [5.41, 5.74) is 8.45. The van der Waals surface area contributed by atoms with Crippen LogP contribution in [0.5, 0.6) is 5.75 Å². The van der Waals surface area contributed by atoms with Crippen LogP contribution in [-0.2, 0) is 12.8 Å². The Morgan fingerprint density at radius 2 is 2.12 bits per heavy atom. The van der Waals surface area contributed by atoms with Gasteiger partial charge in [-0.15, -0.1) is 0 Å². The summed E-state index contributed by atoms with van der Waals surface area (Å²) in [5.74, 6) is 1.01. The molecule has 1 aromatic rings. The Balaban J connectivity index is 1.96. The SMILES string of the molecule is NC(CO)CCOc1cccc2c1CCCC2. The minimum Gasteiger partial charge on any atom is -0.493 e. The van der Waals surface area contributed by atoms with Gasteiger partial charge < -0.3 is 15.6 Å². The number of nitrogens with two attached hydrogens (primary N) is 1. The summed E-state index contributed by atoms with van der Waals surface area (Å²) in [4.78, 5) is 0. The molecule has 1 atom stereocenters. The van der Waals surface area contributed by atoms with Crippen molar-refractivity contribution in [3.05, 3.63) is 29.3 Å². The normalized spacial score (nSPS) is 16.4. The van der Waals surface area contributed by atoms with Crippen molar-refractivity contribution < 1.29 is 9.84 Å². The highest BCUT2D eigenvalue weighted by Crippen LogP contribution is 2.29. The lowest BCUT2D eigenvalue weighted by Crippen LogP contribution is -2.26. The summed E-state index contributed by atoms with van der Waals surface area (Å²) in [5, 5.41) is 8.84. The molecule has 0 heterocycles.